The lowest BCUT2D eigenvalue weighted by Gasteiger charge is -2.32. The van der Waals surface area contributed by atoms with Crippen LogP contribution in [0.2, 0.25) is 0 Å². The third-order valence-corrected chi connectivity index (χ3v) is 6.04. The van der Waals surface area contributed by atoms with Crippen LogP contribution in [0.25, 0.3) is 0 Å². The minimum absolute atomic E-state index is 0.0285. The summed E-state index contributed by atoms with van der Waals surface area (Å²) in [4.78, 5) is 14.4. The zero-order valence-corrected chi connectivity index (χ0v) is 15.1. The van der Waals surface area contributed by atoms with Gasteiger partial charge in [0, 0.05) is 31.7 Å². The van der Waals surface area contributed by atoms with E-state index >= 15 is 0 Å². The van der Waals surface area contributed by atoms with Crippen LogP contribution in [0, 0.1) is 5.82 Å². The molecule has 6 nitrogen and oxygen atoms in total. The molecule has 2 amide bonds. The monoisotopic (exact) mass is 369 g/mol. The van der Waals surface area contributed by atoms with Crippen molar-refractivity contribution in [3.05, 3.63) is 35.6 Å². The third kappa shape index (κ3) is 4.92. The van der Waals surface area contributed by atoms with Gasteiger partial charge in [0.05, 0.1) is 6.26 Å². The first-order chi connectivity index (χ1) is 11.8. The van der Waals surface area contributed by atoms with E-state index in [0.717, 1.165) is 18.4 Å². The van der Waals surface area contributed by atoms with Gasteiger partial charge in [-0.05, 0) is 43.4 Å². The number of benzene rings is 1. The number of carbonyl (C=O) groups is 1. The topological polar surface area (TPSA) is 69.7 Å². The van der Waals surface area contributed by atoms with Crippen LogP contribution in [0.1, 0.15) is 31.2 Å². The van der Waals surface area contributed by atoms with E-state index in [1.807, 2.05) is 6.07 Å². The first-order valence-electron chi connectivity index (χ1n) is 8.59. The molecule has 1 aliphatic carbocycles. The van der Waals surface area contributed by atoms with Crippen LogP contribution in [0.3, 0.4) is 0 Å². The van der Waals surface area contributed by atoms with E-state index < -0.39 is 10.0 Å². The summed E-state index contributed by atoms with van der Waals surface area (Å²) in [6.07, 6.45) is 4.36. The number of piperidine rings is 1. The molecule has 3 rings (SSSR count). The average Bonchev–Trinajstić information content (AvgIpc) is 3.37. The Labute approximate surface area is 148 Å². The Morgan fingerprint density at radius 2 is 1.96 bits per heavy atom. The van der Waals surface area contributed by atoms with Gasteiger partial charge in [0.25, 0.3) is 0 Å². The van der Waals surface area contributed by atoms with Gasteiger partial charge in [-0.25, -0.2) is 21.9 Å². The van der Waals surface area contributed by atoms with Crippen LogP contribution < -0.4 is 5.32 Å². The standard InChI is InChI=1S/C17H24FN3O3S/c1-25(23,24)20-9-7-15(8-10-20)19-17(22)21(16-5-6-16)12-13-3-2-4-14(18)11-13/h2-4,11,15-16H,5-10,12H2,1H3,(H,19,22). The summed E-state index contributed by atoms with van der Waals surface area (Å²) in [5.41, 5.74) is 0.772. The molecular formula is C17H24FN3O3S. The lowest BCUT2D eigenvalue weighted by atomic mass is 10.1. The van der Waals surface area contributed by atoms with Crippen molar-refractivity contribution in [3.63, 3.8) is 0 Å². The normalized spacial score (nSPS) is 19.6. The van der Waals surface area contributed by atoms with Crippen LogP contribution >= 0.6 is 0 Å². The zero-order chi connectivity index (χ0) is 18.0. The van der Waals surface area contributed by atoms with Gasteiger partial charge in [0.1, 0.15) is 5.82 Å². The highest BCUT2D eigenvalue weighted by atomic mass is 32.2. The zero-order valence-electron chi connectivity index (χ0n) is 14.3. The molecule has 1 saturated heterocycles. The Kier molecular flexibility index (Phi) is 5.29. The van der Waals surface area contributed by atoms with E-state index in [-0.39, 0.29) is 23.9 Å². The molecule has 138 valence electrons. The summed E-state index contributed by atoms with van der Waals surface area (Å²) in [6, 6.07) is 6.34. The lowest BCUT2D eigenvalue weighted by Crippen LogP contribution is -2.50. The summed E-state index contributed by atoms with van der Waals surface area (Å²) in [5.74, 6) is -0.304. The minimum atomic E-state index is -3.17. The molecule has 1 saturated carbocycles. The smallest absolute Gasteiger partial charge is 0.318 e. The summed E-state index contributed by atoms with van der Waals surface area (Å²) < 4.78 is 37.9. The number of hydrogen-bond donors (Lipinski definition) is 1. The fourth-order valence-corrected chi connectivity index (χ4v) is 4.05. The van der Waals surface area contributed by atoms with Crippen molar-refractivity contribution in [2.75, 3.05) is 19.3 Å². The molecule has 1 aliphatic heterocycles. The van der Waals surface area contributed by atoms with Crippen LogP contribution in [-0.4, -0.2) is 55.1 Å². The van der Waals surface area contributed by atoms with Gasteiger partial charge in [-0.15, -0.1) is 0 Å². The van der Waals surface area contributed by atoms with Gasteiger partial charge in [-0.2, -0.15) is 0 Å². The maximum Gasteiger partial charge on any atom is 0.318 e. The Morgan fingerprint density at radius 1 is 1.28 bits per heavy atom. The van der Waals surface area contributed by atoms with E-state index in [1.165, 1.54) is 22.7 Å². The van der Waals surface area contributed by atoms with E-state index in [2.05, 4.69) is 5.32 Å². The van der Waals surface area contributed by atoms with E-state index in [9.17, 15) is 17.6 Å². The number of sulfonamides is 1. The number of rotatable bonds is 5. The van der Waals surface area contributed by atoms with Crippen molar-refractivity contribution in [3.8, 4) is 0 Å². The van der Waals surface area contributed by atoms with Crippen LogP contribution in [0.4, 0.5) is 9.18 Å². The van der Waals surface area contributed by atoms with Crippen LogP contribution in [-0.2, 0) is 16.6 Å². The molecule has 0 radical (unpaired) electrons. The average molecular weight is 369 g/mol. The molecule has 2 fully saturated rings. The quantitative estimate of drug-likeness (QED) is 0.862. The van der Waals surface area contributed by atoms with Crippen LogP contribution in [0.15, 0.2) is 24.3 Å². The highest BCUT2D eigenvalue weighted by molar-refractivity contribution is 7.88. The maximum atomic E-state index is 13.4. The summed E-state index contributed by atoms with van der Waals surface area (Å²) in [5, 5.41) is 3.02. The molecular weight excluding hydrogens is 345 g/mol. The number of halogens is 1. The molecule has 1 aromatic carbocycles. The molecule has 2 aliphatic rings. The molecule has 0 bridgehead atoms. The van der Waals surface area contributed by atoms with Crippen molar-refractivity contribution in [2.24, 2.45) is 0 Å². The maximum absolute atomic E-state index is 13.4. The van der Waals surface area contributed by atoms with Gasteiger partial charge >= 0.3 is 6.03 Å². The highest BCUT2D eigenvalue weighted by Gasteiger charge is 2.34. The van der Waals surface area contributed by atoms with Gasteiger partial charge in [-0.3, -0.25) is 0 Å². The molecule has 0 spiro atoms. The summed E-state index contributed by atoms with van der Waals surface area (Å²) >= 11 is 0. The Bertz CT molecular complexity index is 728. The first kappa shape index (κ1) is 18.1. The summed E-state index contributed by atoms with van der Waals surface area (Å²) in [7, 11) is -3.17. The molecule has 1 heterocycles. The Hall–Kier alpha value is -1.67. The number of carbonyl (C=O) groups excluding carboxylic acids is 1. The molecule has 1 aromatic rings. The number of hydrogen-bond acceptors (Lipinski definition) is 3. The Morgan fingerprint density at radius 3 is 2.52 bits per heavy atom. The molecule has 8 heteroatoms. The highest BCUT2D eigenvalue weighted by Crippen LogP contribution is 2.29. The van der Waals surface area contributed by atoms with Crippen molar-refractivity contribution >= 4 is 16.1 Å². The number of nitrogens with one attached hydrogen (secondary N) is 1. The number of urea groups is 1. The van der Waals surface area contributed by atoms with Crippen molar-refractivity contribution in [2.45, 2.75) is 44.3 Å². The van der Waals surface area contributed by atoms with Gasteiger partial charge in [0.2, 0.25) is 10.0 Å². The molecule has 1 N–H and O–H groups in total. The van der Waals surface area contributed by atoms with Gasteiger partial charge in [-0.1, -0.05) is 12.1 Å². The Balaban J connectivity index is 1.57. The first-order valence-corrected chi connectivity index (χ1v) is 10.4. The second-order valence-electron chi connectivity index (χ2n) is 6.87. The molecule has 25 heavy (non-hydrogen) atoms. The largest absolute Gasteiger partial charge is 0.335 e. The molecule has 0 aromatic heterocycles. The minimum Gasteiger partial charge on any atom is -0.335 e. The predicted octanol–water partition coefficient (Wildman–Crippen LogP) is 1.92. The van der Waals surface area contributed by atoms with E-state index in [0.29, 0.717) is 32.5 Å². The fourth-order valence-electron chi connectivity index (χ4n) is 3.17. The van der Waals surface area contributed by atoms with Gasteiger partial charge in [0.15, 0.2) is 0 Å². The van der Waals surface area contributed by atoms with Crippen molar-refractivity contribution in [1.82, 2.24) is 14.5 Å². The summed E-state index contributed by atoms with van der Waals surface area (Å²) in [6.45, 7) is 1.24. The molecule has 0 unspecified atom stereocenters. The number of nitrogens with zero attached hydrogens (tertiary/aromatic N) is 2. The van der Waals surface area contributed by atoms with Crippen molar-refractivity contribution in [1.29, 1.82) is 0 Å². The second kappa shape index (κ2) is 7.29. The predicted molar refractivity (Wildman–Crippen MR) is 92.9 cm³/mol. The second-order valence-corrected chi connectivity index (χ2v) is 8.86. The van der Waals surface area contributed by atoms with Crippen LogP contribution in [0.5, 0.6) is 0 Å². The van der Waals surface area contributed by atoms with Gasteiger partial charge < -0.3 is 10.2 Å². The van der Waals surface area contributed by atoms with Crippen molar-refractivity contribution < 1.29 is 17.6 Å². The van der Waals surface area contributed by atoms with E-state index in [4.69, 9.17) is 0 Å². The molecule has 0 atom stereocenters. The lowest BCUT2D eigenvalue weighted by molar-refractivity contribution is 0.181. The van der Waals surface area contributed by atoms with E-state index in [1.54, 1.807) is 11.0 Å². The fraction of sp³-hybridized carbons (Fsp3) is 0.588. The SMILES string of the molecule is CS(=O)(=O)N1CCC(NC(=O)N(Cc2cccc(F)c2)C2CC2)CC1. The number of amides is 2. The third-order valence-electron chi connectivity index (χ3n) is 4.74.